The molecule has 0 aliphatic heterocycles. The molecule has 0 atom stereocenters. The highest BCUT2D eigenvalue weighted by Crippen LogP contribution is 1.97. The monoisotopic (exact) mass is 252 g/mol. The molecule has 0 aliphatic rings. The first-order valence-corrected chi connectivity index (χ1v) is 5.81. The first-order chi connectivity index (χ1) is 6.85. The molecular formula is C13H17Br. The summed E-state index contributed by atoms with van der Waals surface area (Å²) in [6.45, 7) is 7.21. The summed E-state index contributed by atoms with van der Waals surface area (Å²) < 4.78 is 0. The average molecular weight is 253 g/mol. The summed E-state index contributed by atoms with van der Waals surface area (Å²) >= 11 is 3.30. The molecule has 0 N–H and O–H groups in total. The van der Waals surface area contributed by atoms with Crippen LogP contribution in [0.1, 0.15) is 18.4 Å². The summed E-state index contributed by atoms with van der Waals surface area (Å²) in [4.78, 5) is 0. The molecule has 0 unspecified atom stereocenters. The van der Waals surface area contributed by atoms with E-state index < -0.39 is 0 Å². The predicted molar refractivity (Wildman–Crippen MR) is 69.8 cm³/mol. The topological polar surface area (TPSA) is 0 Å². The fraction of sp³-hybridized carbons (Fsp3) is 0.231. The largest absolute Gasteiger partial charge is 0.103 e. The van der Waals surface area contributed by atoms with Crippen molar-refractivity contribution in [3.8, 4) is 0 Å². The molecule has 0 aliphatic carbocycles. The summed E-state index contributed by atoms with van der Waals surface area (Å²) in [5, 5.41) is 1.10. The lowest BCUT2D eigenvalue weighted by Gasteiger charge is -1.85. The van der Waals surface area contributed by atoms with E-state index in [9.17, 15) is 0 Å². The van der Waals surface area contributed by atoms with Crippen LogP contribution in [0.4, 0.5) is 0 Å². The summed E-state index contributed by atoms with van der Waals surface area (Å²) in [5.41, 5.74) is 1.17. The van der Waals surface area contributed by atoms with Gasteiger partial charge in [-0.1, -0.05) is 65.0 Å². The molecule has 0 saturated carbocycles. The van der Waals surface area contributed by atoms with E-state index in [4.69, 9.17) is 0 Å². The molecular weight excluding hydrogens is 236 g/mol. The van der Waals surface area contributed by atoms with E-state index in [1.165, 1.54) is 12.0 Å². The molecule has 1 aromatic rings. The highest BCUT2D eigenvalue weighted by Gasteiger charge is 1.75. The van der Waals surface area contributed by atoms with E-state index >= 15 is 0 Å². The quantitative estimate of drug-likeness (QED) is 0.415. The minimum Gasteiger partial charge on any atom is -0.103 e. The second kappa shape index (κ2) is 10.3. The molecule has 0 aromatic heterocycles. The third kappa shape index (κ3) is 7.81. The van der Waals surface area contributed by atoms with Crippen molar-refractivity contribution < 1.29 is 0 Å². The van der Waals surface area contributed by atoms with Crippen molar-refractivity contribution in [3.05, 3.63) is 55.1 Å². The number of alkyl halides is 1. The lowest BCUT2D eigenvalue weighted by atomic mass is 10.2. The smallest absolute Gasteiger partial charge is 0.00342 e. The molecule has 1 heteroatoms. The minimum atomic E-state index is 1.10. The molecule has 0 fully saturated rings. The van der Waals surface area contributed by atoms with Crippen molar-refractivity contribution in [1.82, 2.24) is 0 Å². The number of hydrogen-bond donors (Lipinski definition) is 0. The number of benzene rings is 1. The highest BCUT2D eigenvalue weighted by atomic mass is 79.9. The van der Waals surface area contributed by atoms with E-state index in [-0.39, 0.29) is 0 Å². The Morgan fingerprint density at radius 3 is 2.07 bits per heavy atom. The molecule has 0 saturated heterocycles. The van der Waals surface area contributed by atoms with Gasteiger partial charge in [0.1, 0.15) is 0 Å². The van der Waals surface area contributed by atoms with Crippen LogP contribution in [0.2, 0.25) is 0 Å². The molecule has 0 radical (unpaired) electrons. The van der Waals surface area contributed by atoms with Gasteiger partial charge >= 0.3 is 0 Å². The molecule has 76 valence electrons. The minimum absolute atomic E-state index is 1.10. The number of halogens is 1. The Morgan fingerprint density at radius 2 is 1.79 bits per heavy atom. The van der Waals surface area contributed by atoms with Gasteiger partial charge in [-0.15, -0.1) is 6.58 Å². The van der Waals surface area contributed by atoms with Crippen molar-refractivity contribution in [2.45, 2.75) is 12.8 Å². The van der Waals surface area contributed by atoms with Gasteiger partial charge < -0.3 is 0 Å². The Balaban J connectivity index is 0.000000255. The number of unbranched alkanes of at least 4 members (excludes halogenated alkanes) is 1. The Morgan fingerprint density at radius 1 is 1.14 bits per heavy atom. The van der Waals surface area contributed by atoms with Crippen LogP contribution >= 0.6 is 15.9 Å². The molecule has 1 aromatic carbocycles. The maximum Gasteiger partial charge on any atom is 0.00342 e. The zero-order valence-corrected chi connectivity index (χ0v) is 10.0. The Labute approximate surface area is 95.5 Å². The van der Waals surface area contributed by atoms with Crippen molar-refractivity contribution in [3.63, 3.8) is 0 Å². The fourth-order valence-corrected chi connectivity index (χ4v) is 1.13. The van der Waals surface area contributed by atoms with Gasteiger partial charge in [-0.05, 0) is 18.4 Å². The zero-order chi connectivity index (χ0) is 10.6. The Bertz CT molecular complexity index is 239. The molecule has 0 nitrogen and oxygen atoms in total. The molecule has 0 amide bonds. The van der Waals surface area contributed by atoms with Gasteiger partial charge in [0.2, 0.25) is 0 Å². The van der Waals surface area contributed by atoms with Gasteiger partial charge in [-0.25, -0.2) is 0 Å². The van der Waals surface area contributed by atoms with Crippen LogP contribution in [0.25, 0.3) is 6.08 Å². The van der Waals surface area contributed by atoms with Crippen LogP contribution in [-0.4, -0.2) is 5.33 Å². The molecule has 1 rings (SSSR count). The van der Waals surface area contributed by atoms with Crippen LogP contribution in [0, 0.1) is 0 Å². The summed E-state index contributed by atoms with van der Waals surface area (Å²) in [5.74, 6) is 0. The normalized spacial score (nSPS) is 8.36. The van der Waals surface area contributed by atoms with Crippen molar-refractivity contribution in [1.29, 1.82) is 0 Å². The van der Waals surface area contributed by atoms with Gasteiger partial charge in [0.05, 0.1) is 0 Å². The maximum atomic E-state index is 3.63. The summed E-state index contributed by atoms with van der Waals surface area (Å²) in [6, 6.07) is 10.0. The first kappa shape index (κ1) is 13.2. The first-order valence-electron chi connectivity index (χ1n) is 4.69. The lowest BCUT2D eigenvalue weighted by Crippen LogP contribution is -1.66. The van der Waals surface area contributed by atoms with Crippen LogP contribution in [0.3, 0.4) is 0 Å². The van der Waals surface area contributed by atoms with Gasteiger partial charge in [-0.3, -0.25) is 0 Å². The second-order valence-corrected chi connectivity index (χ2v) is 3.53. The van der Waals surface area contributed by atoms with Crippen LogP contribution in [0.5, 0.6) is 0 Å². The second-order valence-electron chi connectivity index (χ2n) is 2.73. The average Bonchev–Trinajstić information content (AvgIpc) is 2.28. The van der Waals surface area contributed by atoms with Crippen molar-refractivity contribution in [2.24, 2.45) is 0 Å². The van der Waals surface area contributed by atoms with Crippen LogP contribution in [-0.2, 0) is 0 Å². The predicted octanol–water partition coefficient (Wildman–Crippen LogP) is 4.68. The van der Waals surface area contributed by atoms with E-state index in [0.29, 0.717) is 0 Å². The van der Waals surface area contributed by atoms with Gasteiger partial charge in [-0.2, -0.15) is 0 Å². The van der Waals surface area contributed by atoms with Crippen LogP contribution < -0.4 is 0 Å². The van der Waals surface area contributed by atoms with Crippen LogP contribution in [0.15, 0.2) is 49.6 Å². The number of allylic oxidation sites excluding steroid dienone is 1. The summed E-state index contributed by atoms with van der Waals surface area (Å²) in [7, 11) is 0. The molecule has 0 heterocycles. The third-order valence-corrected chi connectivity index (χ3v) is 2.14. The van der Waals surface area contributed by atoms with E-state index in [1.54, 1.807) is 0 Å². The maximum absolute atomic E-state index is 3.63. The third-order valence-electron chi connectivity index (χ3n) is 1.58. The van der Waals surface area contributed by atoms with E-state index in [1.807, 2.05) is 42.5 Å². The summed E-state index contributed by atoms with van der Waals surface area (Å²) in [6.07, 6.45) is 6.11. The van der Waals surface area contributed by atoms with Gasteiger partial charge in [0, 0.05) is 5.33 Å². The molecule has 0 spiro atoms. The fourth-order valence-electron chi connectivity index (χ4n) is 0.811. The highest BCUT2D eigenvalue weighted by molar-refractivity contribution is 9.09. The zero-order valence-electron chi connectivity index (χ0n) is 8.45. The van der Waals surface area contributed by atoms with Gasteiger partial charge in [0.25, 0.3) is 0 Å². The SMILES string of the molecule is C=CCCCBr.C=Cc1ccccc1. The Kier molecular flexibility index (Phi) is 9.66. The number of hydrogen-bond acceptors (Lipinski definition) is 0. The van der Waals surface area contributed by atoms with Gasteiger partial charge in [0.15, 0.2) is 0 Å². The Hall–Kier alpha value is -0.820. The standard InChI is InChI=1S/C8H8.C5H9Br/c1-2-8-6-4-3-5-7-8;1-2-3-4-5-6/h2-7H,1H2;2H,1,3-5H2. The molecule has 14 heavy (non-hydrogen) atoms. The van der Waals surface area contributed by atoms with Crippen molar-refractivity contribution in [2.75, 3.05) is 5.33 Å². The van der Waals surface area contributed by atoms with Crippen molar-refractivity contribution >= 4 is 22.0 Å². The molecule has 0 bridgehead atoms. The van der Waals surface area contributed by atoms with E-state index in [0.717, 1.165) is 11.8 Å². The lowest BCUT2D eigenvalue weighted by molar-refractivity contribution is 0.982. The number of rotatable bonds is 4. The van der Waals surface area contributed by atoms with E-state index in [2.05, 4.69) is 29.1 Å².